The van der Waals surface area contributed by atoms with Gasteiger partial charge in [-0.05, 0) is 57.8 Å². The Morgan fingerprint density at radius 2 is 0.638 bits per heavy atom. The van der Waals surface area contributed by atoms with Crippen molar-refractivity contribution < 1.29 is 15.0 Å². The molecule has 0 spiro atoms. The summed E-state index contributed by atoms with van der Waals surface area (Å²) in [6, 6.07) is -0.536. The molecule has 1 amide bonds. The molecule has 0 heterocycles. The van der Waals surface area contributed by atoms with Crippen LogP contribution >= 0.6 is 0 Å². The summed E-state index contributed by atoms with van der Waals surface area (Å²) in [5.41, 5.74) is 0. The molecule has 0 radical (unpaired) electrons. The molecule has 0 aliphatic rings. The molecule has 3 N–H and O–H groups in total. The number of carbonyl (C=O) groups is 1. The van der Waals surface area contributed by atoms with Gasteiger partial charge in [0, 0.05) is 6.42 Å². The van der Waals surface area contributed by atoms with Crippen molar-refractivity contribution in [1.29, 1.82) is 0 Å². The highest BCUT2D eigenvalue weighted by Crippen LogP contribution is 2.18. The highest BCUT2D eigenvalue weighted by atomic mass is 16.3. The summed E-state index contributed by atoms with van der Waals surface area (Å²) < 4.78 is 0. The van der Waals surface area contributed by atoms with Crippen molar-refractivity contribution in [3.05, 3.63) is 60.8 Å². The normalized spacial score (nSPS) is 13.2. The Hall–Kier alpha value is -1.91. The number of hydrogen-bond donors (Lipinski definition) is 3. The first kappa shape index (κ1) is 67.1. The van der Waals surface area contributed by atoms with Crippen LogP contribution in [0.4, 0.5) is 0 Å². The number of carbonyl (C=O) groups excluding carboxylic acids is 1. The fraction of sp³-hybridized carbons (Fsp3) is 0.831. The van der Waals surface area contributed by atoms with Gasteiger partial charge in [0.25, 0.3) is 0 Å². The Labute approximate surface area is 432 Å². The van der Waals surface area contributed by atoms with Gasteiger partial charge in [0.2, 0.25) is 5.91 Å². The average molecular weight is 965 g/mol. The minimum Gasteiger partial charge on any atom is -0.394 e. The number of aliphatic hydroxyl groups excluding tert-OH is 2. The SMILES string of the molecule is CC/C=C\C/C=C\C/C=C\C/C=C\C/C=C\CCCCCCCCCCCCCCCCCCCCCCCC(=O)NC(CO)C(O)CCCCCCCCCCCCCCCCCCCCCC. The number of rotatable bonds is 57. The van der Waals surface area contributed by atoms with Gasteiger partial charge in [-0.25, -0.2) is 0 Å². The molecule has 69 heavy (non-hydrogen) atoms. The fourth-order valence-electron chi connectivity index (χ4n) is 9.63. The van der Waals surface area contributed by atoms with Crippen LogP contribution in [0, 0.1) is 0 Å². The summed E-state index contributed by atoms with van der Waals surface area (Å²) in [7, 11) is 0. The number of allylic oxidation sites excluding steroid dienone is 10. The van der Waals surface area contributed by atoms with E-state index in [1.54, 1.807) is 0 Å². The first-order chi connectivity index (χ1) is 34.2. The highest BCUT2D eigenvalue weighted by Gasteiger charge is 2.20. The van der Waals surface area contributed by atoms with Gasteiger partial charge in [-0.3, -0.25) is 4.79 Å². The molecular formula is C65H121NO3. The first-order valence-electron chi connectivity index (χ1n) is 31.0. The number of nitrogens with one attached hydrogen (secondary N) is 1. The van der Waals surface area contributed by atoms with Crippen molar-refractivity contribution in [1.82, 2.24) is 5.32 Å². The molecule has 0 bridgehead atoms. The van der Waals surface area contributed by atoms with Crippen LogP contribution in [-0.2, 0) is 4.79 Å². The van der Waals surface area contributed by atoms with Gasteiger partial charge < -0.3 is 15.5 Å². The smallest absolute Gasteiger partial charge is 0.220 e. The van der Waals surface area contributed by atoms with Crippen LogP contribution in [0.15, 0.2) is 60.8 Å². The standard InChI is InChI=1S/C65H121NO3/c1-3-5-7-9-11-13-15-17-19-21-23-25-26-27-28-29-30-31-32-33-34-35-36-37-38-39-40-41-43-45-47-49-51-53-55-57-59-61-65(69)66-63(62-67)64(68)60-58-56-54-52-50-48-46-44-42-24-22-20-18-16-14-12-10-8-6-4-2/h5,7,11,13,17,19,23,25,27-28,63-64,67-68H,3-4,6,8-10,12,14-16,18,20-22,24,26,29-62H2,1-2H3,(H,66,69)/b7-5-,13-11-,19-17-,25-23-,28-27-. The molecule has 2 unspecified atom stereocenters. The second-order valence-electron chi connectivity index (χ2n) is 21.1. The predicted molar refractivity (Wildman–Crippen MR) is 308 cm³/mol. The van der Waals surface area contributed by atoms with Gasteiger partial charge in [0.15, 0.2) is 0 Å². The van der Waals surface area contributed by atoms with Gasteiger partial charge in [-0.2, -0.15) is 0 Å². The molecule has 0 aliphatic carbocycles. The maximum atomic E-state index is 12.5. The molecule has 0 saturated carbocycles. The minimum absolute atomic E-state index is 0.0258. The quantitative estimate of drug-likeness (QED) is 0.0420. The van der Waals surface area contributed by atoms with E-state index in [-0.39, 0.29) is 12.5 Å². The lowest BCUT2D eigenvalue weighted by atomic mass is 10.0. The Morgan fingerprint density at radius 1 is 0.362 bits per heavy atom. The van der Waals surface area contributed by atoms with Gasteiger partial charge >= 0.3 is 0 Å². The largest absolute Gasteiger partial charge is 0.394 e. The molecule has 2 atom stereocenters. The van der Waals surface area contributed by atoms with Crippen LogP contribution in [0.25, 0.3) is 0 Å². The third kappa shape index (κ3) is 56.9. The van der Waals surface area contributed by atoms with Gasteiger partial charge in [0.05, 0.1) is 18.8 Å². The second-order valence-corrected chi connectivity index (χ2v) is 21.1. The number of amides is 1. The zero-order valence-electron chi connectivity index (χ0n) is 46.6. The van der Waals surface area contributed by atoms with Crippen molar-refractivity contribution >= 4 is 5.91 Å². The third-order valence-corrected chi connectivity index (χ3v) is 14.3. The Bertz CT molecular complexity index is 1140. The lowest BCUT2D eigenvalue weighted by molar-refractivity contribution is -0.123. The molecule has 0 aromatic carbocycles. The molecule has 0 saturated heterocycles. The van der Waals surface area contributed by atoms with Crippen LogP contribution in [0.2, 0.25) is 0 Å². The van der Waals surface area contributed by atoms with E-state index in [1.165, 1.54) is 244 Å². The van der Waals surface area contributed by atoms with E-state index in [9.17, 15) is 15.0 Å². The van der Waals surface area contributed by atoms with E-state index < -0.39 is 12.1 Å². The summed E-state index contributed by atoms with van der Waals surface area (Å²) >= 11 is 0. The summed E-state index contributed by atoms with van der Waals surface area (Å²) in [6.07, 6.45) is 85.2. The summed E-state index contributed by atoms with van der Waals surface area (Å²) in [6.45, 7) is 4.27. The first-order valence-corrected chi connectivity index (χ1v) is 31.0. The van der Waals surface area contributed by atoms with Crippen molar-refractivity contribution in [3.63, 3.8) is 0 Å². The Morgan fingerprint density at radius 3 is 0.957 bits per heavy atom. The zero-order chi connectivity index (χ0) is 49.9. The van der Waals surface area contributed by atoms with Crippen molar-refractivity contribution in [2.24, 2.45) is 0 Å². The van der Waals surface area contributed by atoms with Crippen LogP contribution < -0.4 is 5.32 Å². The maximum absolute atomic E-state index is 12.5. The van der Waals surface area contributed by atoms with E-state index in [0.717, 1.165) is 57.8 Å². The fourth-order valence-corrected chi connectivity index (χ4v) is 9.63. The Balaban J connectivity index is 3.41. The monoisotopic (exact) mass is 964 g/mol. The van der Waals surface area contributed by atoms with Crippen LogP contribution in [0.5, 0.6) is 0 Å². The number of unbranched alkanes of at least 4 members (excludes halogenated alkanes) is 40. The minimum atomic E-state index is -0.660. The van der Waals surface area contributed by atoms with E-state index >= 15 is 0 Å². The Kier molecular flexibility index (Phi) is 58.7. The van der Waals surface area contributed by atoms with Crippen molar-refractivity contribution in [3.8, 4) is 0 Å². The molecule has 4 heteroatoms. The topological polar surface area (TPSA) is 69.6 Å². The van der Waals surface area contributed by atoms with Crippen LogP contribution in [-0.4, -0.2) is 34.9 Å². The molecule has 0 aliphatic heterocycles. The van der Waals surface area contributed by atoms with Gasteiger partial charge in [0.1, 0.15) is 0 Å². The predicted octanol–water partition coefficient (Wildman–Crippen LogP) is 20.8. The highest BCUT2D eigenvalue weighted by molar-refractivity contribution is 5.76. The number of hydrogen-bond acceptors (Lipinski definition) is 3. The second kappa shape index (κ2) is 60.4. The third-order valence-electron chi connectivity index (χ3n) is 14.3. The van der Waals surface area contributed by atoms with E-state index in [0.29, 0.717) is 12.8 Å². The van der Waals surface area contributed by atoms with Gasteiger partial charge in [-0.15, -0.1) is 0 Å². The maximum Gasteiger partial charge on any atom is 0.220 e. The lowest BCUT2D eigenvalue weighted by Crippen LogP contribution is -2.45. The lowest BCUT2D eigenvalue weighted by Gasteiger charge is -2.22. The molecule has 404 valence electrons. The molecule has 0 rings (SSSR count). The molecule has 0 fully saturated rings. The molecule has 0 aromatic rings. The number of aliphatic hydroxyl groups is 2. The van der Waals surface area contributed by atoms with E-state index in [1.807, 2.05) is 0 Å². The van der Waals surface area contributed by atoms with E-state index in [2.05, 4.69) is 79.9 Å². The van der Waals surface area contributed by atoms with Crippen LogP contribution in [0.1, 0.15) is 328 Å². The van der Waals surface area contributed by atoms with Crippen molar-refractivity contribution in [2.75, 3.05) is 6.61 Å². The van der Waals surface area contributed by atoms with Crippen molar-refractivity contribution in [2.45, 2.75) is 341 Å². The zero-order valence-corrected chi connectivity index (χ0v) is 46.6. The molecular weight excluding hydrogens is 843 g/mol. The van der Waals surface area contributed by atoms with E-state index in [4.69, 9.17) is 0 Å². The average Bonchev–Trinajstić information content (AvgIpc) is 3.35. The molecule has 4 nitrogen and oxygen atoms in total. The summed E-state index contributed by atoms with van der Waals surface area (Å²) in [5.74, 6) is -0.0258. The van der Waals surface area contributed by atoms with Gasteiger partial charge in [-0.1, -0.05) is 325 Å². The van der Waals surface area contributed by atoms with Crippen LogP contribution in [0.3, 0.4) is 0 Å². The molecule has 0 aromatic heterocycles. The summed E-state index contributed by atoms with van der Waals surface area (Å²) in [5, 5.41) is 23.4. The summed E-state index contributed by atoms with van der Waals surface area (Å²) in [4.78, 5) is 12.5.